The lowest BCUT2D eigenvalue weighted by molar-refractivity contribution is 0.116. The lowest BCUT2D eigenvalue weighted by Crippen LogP contribution is -2.24. The molecule has 1 aliphatic carbocycles. The number of hydrogen-bond acceptors (Lipinski definition) is 7. The number of imidazole rings is 1. The first kappa shape index (κ1) is 17.0. The standard InChI is InChI=1S/C20H21N5O3/c1-12(21)11-26-19-6-5-18-23-10-15(25(18)24-19)17-9-14-16(28-17)7-8-22-20(14)27-13-3-2-4-13/h5-10,12-13H,2-4,11,21H2,1H3/t12-/m0/s1. The fourth-order valence-electron chi connectivity index (χ4n) is 3.12. The summed E-state index contributed by atoms with van der Waals surface area (Å²) in [5, 5.41) is 5.37. The zero-order valence-corrected chi connectivity index (χ0v) is 15.5. The molecule has 5 rings (SSSR count). The second-order valence-electron chi connectivity index (χ2n) is 7.18. The van der Waals surface area contributed by atoms with Crippen molar-refractivity contribution in [2.24, 2.45) is 5.73 Å². The van der Waals surface area contributed by atoms with Gasteiger partial charge in [0.15, 0.2) is 11.4 Å². The number of rotatable bonds is 6. The Morgan fingerprint density at radius 3 is 2.96 bits per heavy atom. The molecule has 2 N–H and O–H groups in total. The molecule has 4 heterocycles. The van der Waals surface area contributed by atoms with Gasteiger partial charge in [-0.2, -0.15) is 0 Å². The number of hydrogen-bond donors (Lipinski definition) is 1. The number of nitrogens with two attached hydrogens (primary N) is 1. The van der Waals surface area contributed by atoms with Crippen molar-refractivity contribution < 1.29 is 13.9 Å². The zero-order valence-electron chi connectivity index (χ0n) is 15.5. The molecule has 0 saturated heterocycles. The summed E-state index contributed by atoms with van der Waals surface area (Å²) in [6, 6.07) is 7.32. The van der Waals surface area contributed by atoms with Crippen LogP contribution >= 0.6 is 0 Å². The van der Waals surface area contributed by atoms with Gasteiger partial charge in [0, 0.05) is 24.4 Å². The van der Waals surface area contributed by atoms with Gasteiger partial charge in [-0.3, -0.25) is 0 Å². The van der Waals surface area contributed by atoms with Crippen LogP contribution in [0.5, 0.6) is 11.8 Å². The summed E-state index contributed by atoms with van der Waals surface area (Å²) in [5.74, 6) is 1.74. The molecule has 4 aromatic heterocycles. The van der Waals surface area contributed by atoms with Gasteiger partial charge in [-0.1, -0.05) is 0 Å². The van der Waals surface area contributed by atoms with Crippen LogP contribution in [-0.2, 0) is 0 Å². The zero-order chi connectivity index (χ0) is 19.1. The van der Waals surface area contributed by atoms with Crippen molar-refractivity contribution in [1.82, 2.24) is 19.6 Å². The molecule has 0 spiro atoms. The van der Waals surface area contributed by atoms with E-state index in [-0.39, 0.29) is 12.1 Å². The fourth-order valence-corrected chi connectivity index (χ4v) is 3.12. The van der Waals surface area contributed by atoms with E-state index in [1.165, 1.54) is 6.42 Å². The van der Waals surface area contributed by atoms with Crippen molar-refractivity contribution in [1.29, 1.82) is 0 Å². The van der Waals surface area contributed by atoms with Crippen molar-refractivity contribution in [2.75, 3.05) is 6.61 Å². The first-order valence-electron chi connectivity index (χ1n) is 9.46. The number of ether oxygens (including phenoxy) is 2. The smallest absolute Gasteiger partial charge is 0.231 e. The van der Waals surface area contributed by atoms with E-state index in [1.54, 1.807) is 23.0 Å². The highest BCUT2D eigenvalue weighted by molar-refractivity contribution is 5.86. The molecule has 28 heavy (non-hydrogen) atoms. The van der Waals surface area contributed by atoms with Crippen LogP contribution in [0.25, 0.3) is 28.1 Å². The third kappa shape index (κ3) is 3.05. The Morgan fingerprint density at radius 2 is 2.18 bits per heavy atom. The minimum atomic E-state index is -0.0725. The van der Waals surface area contributed by atoms with Crippen molar-refractivity contribution >= 4 is 16.6 Å². The van der Waals surface area contributed by atoms with Gasteiger partial charge in [0.05, 0.1) is 11.6 Å². The maximum atomic E-state index is 6.05. The van der Waals surface area contributed by atoms with Crippen molar-refractivity contribution in [3.05, 3.63) is 36.7 Å². The highest BCUT2D eigenvalue weighted by atomic mass is 16.5. The molecule has 0 bridgehead atoms. The lowest BCUT2D eigenvalue weighted by Gasteiger charge is -2.25. The lowest BCUT2D eigenvalue weighted by atomic mass is 9.96. The van der Waals surface area contributed by atoms with E-state index in [9.17, 15) is 0 Å². The Hall–Kier alpha value is -3.13. The van der Waals surface area contributed by atoms with E-state index in [4.69, 9.17) is 19.6 Å². The maximum absolute atomic E-state index is 6.05. The summed E-state index contributed by atoms with van der Waals surface area (Å²) in [6.07, 6.45) is 7.04. The number of nitrogens with zero attached hydrogens (tertiary/aromatic N) is 4. The van der Waals surface area contributed by atoms with E-state index < -0.39 is 0 Å². The average molecular weight is 379 g/mol. The molecule has 144 valence electrons. The van der Waals surface area contributed by atoms with Gasteiger partial charge in [-0.05, 0) is 38.3 Å². The number of pyridine rings is 1. The van der Waals surface area contributed by atoms with Gasteiger partial charge < -0.3 is 19.6 Å². The normalized spacial score (nSPS) is 15.6. The monoisotopic (exact) mass is 379 g/mol. The van der Waals surface area contributed by atoms with Crippen LogP contribution in [0.1, 0.15) is 26.2 Å². The molecule has 8 heteroatoms. The summed E-state index contributed by atoms with van der Waals surface area (Å²) in [7, 11) is 0. The van der Waals surface area contributed by atoms with Crippen molar-refractivity contribution in [2.45, 2.75) is 38.3 Å². The Morgan fingerprint density at radius 1 is 1.29 bits per heavy atom. The van der Waals surface area contributed by atoms with Crippen molar-refractivity contribution in [3.63, 3.8) is 0 Å². The van der Waals surface area contributed by atoms with E-state index in [0.29, 0.717) is 29.8 Å². The molecule has 1 fully saturated rings. The summed E-state index contributed by atoms with van der Waals surface area (Å²) in [4.78, 5) is 8.80. The number of aromatic nitrogens is 4. The molecule has 0 unspecified atom stereocenters. The topological polar surface area (TPSA) is 101 Å². The largest absolute Gasteiger partial charge is 0.475 e. The molecular weight excluding hydrogens is 358 g/mol. The molecule has 0 amide bonds. The summed E-state index contributed by atoms with van der Waals surface area (Å²) in [5.41, 5.74) is 7.91. The van der Waals surface area contributed by atoms with Gasteiger partial charge in [0.1, 0.15) is 24.0 Å². The molecule has 8 nitrogen and oxygen atoms in total. The van der Waals surface area contributed by atoms with Crippen LogP contribution in [0, 0.1) is 0 Å². The summed E-state index contributed by atoms with van der Waals surface area (Å²) >= 11 is 0. The molecular formula is C20H21N5O3. The molecule has 1 saturated carbocycles. The average Bonchev–Trinajstić information content (AvgIpc) is 3.26. The Bertz CT molecular complexity index is 1130. The SMILES string of the molecule is C[C@H](N)COc1ccc2ncc(-c3cc4c(OC5CCC5)nccc4o3)n2n1. The highest BCUT2D eigenvalue weighted by Gasteiger charge is 2.22. The van der Waals surface area contributed by atoms with E-state index in [2.05, 4.69) is 15.1 Å². The second kappa shape index (κ2) is 6.79. The Kier molecular flexibility index (Phi) is 4.12. The highest BCUT2D eigenvalue weighted by Crippen LogP contribution is 2.34. The maximum Gasteiger partial charge on any atom is 0.231 e. The first-order valence-corrected chi connectivity index (χ1v) is 9.46. The first-order chi connectivity index (χ1) is 13.7. The summed E-state index contributed by atoms with van der Waals surface area (Å²) < 4.78 is 19.4. The predicted octanol–water partition coefficient (Wildman–Crippen LogP) is 3.19. The Balaban J connectivity index is 1.53. The van der Waals surface area contributed by atoms with Gasteiger partial charge in [-0.15, -0.1) is 5.10 Å². The van der Waals surface area contributed by atoms with E-state index in [1.807, 2.05) is 25.1 Å². The minimum Gasteiger partial charge on any atom is -0.475 e. The van der Waals surface area contributed by atoms with Gasteiger partial charge in [0.2, 0.25) is 11.8 Å². The van der Waals surface area contributed by atoms with Gasteiger partial charge in [0.25, 0.3) is 0 Å². The Labute approximate surface area is 161 Å². The summed E-state index contributed by atoms with van der Waals surface area (Å²) in [6.45, 7) is 2.27. The van der Waals surface area contributed by atoms with Crippen LogP contribution in [-0.4, -0.2) is 38.3 Å². The van der Waals surface area contributed by atoms with Gasteiger partial charge >= 0.3 is 0 Å². The number of fused-ring (bicyclic) bond motifs is 2. The van der Waals surface area contributed by atoms with Crippen LogP contribution in [0.2, 0.25) is 0 Å². The fraction of sp³-hybridized carbons (Fsp3) is 0.350. The molecule has 1 aliphatic rings. The van der Waals surface area contributed by atoms with Crippen LogP contribution < -0.4 is 15.2 Å². The predicted molar refractivity (Wildman–Crippen MR) is 103 cm³/mol. The minimum absolute atomic E-state index is 0.0725. The third-order valence-corrected chi connectivity index (χ3v) is 4.82. The molecule has 0 aliphatic heterocycles. The van der Waals surface area contributed by atoms with Crippen molar-refractivity contribution in [3.8, 4) is 23.2 Å². The molecule has 1 atom stereocenters. The van der Waals surface area contributed by atoms with Crippen LogP contribution in [0.4, 0.5) is 0 Å². The second-order valence-corrected chi connectivity index (χ2v) is 7.18. The quantitative estimate of drug-likeness (QED) is 0.549. The van der Waals surface area contributed by atoms with E-state index >= 15 is 0 Å². The molecule has 0 aromatic carbocycles. The van der Waals surface area contributed by atoms with Crippen LogP contribution in [0.15, 0.2) is 41.1 Å². The van der Waals surface area contributed by atoms with E-state index in [0.717, 1.165) is 29.5 Å². The number of furan rings is 1. The molecule has 4 aromatic rings. The third-order valence-electron chi connectivity index (χ3n) is 4.82. The molecule has 0 radical (unpaired) electrons. The van der Waals surface area contributed by atoms with Gasteiger partial charge in [-0.25, -0.2) is 14.5 Å². The van der Waals surface area contributed by atoms with Crippen LogP contribution in [0.3, 0.4) is 0 Å².